The van der Waals surface area contributed by atoms with Crippen LogP contribution in [0.1, 0.15) is 34.5 Å². The number of hydrogen-bond donors (Lipinski definition) is 0. The van der Waals surface area contributed by atoms with Gasteiger partial charge in [-0.25, -0.2) is 4.79 Å². The second-order valence-electron chi connectivity index (χ2n) is 6.81. The van der Waals surface area contributed by atoms with E-state index in [0.717, 1.165) is 5.56 Å². The van der Waals surface area contributed by atoms with Gasteiger partial charge in [-0.1, -0.05) is 54.1 Å². The van der Waals surface area contributed by atoms with Crippen LogP contribution in [0.4, 0.5) is 0 Å². The van der Waals surface area contributed by atoms with Gasteiger partial charge in [0.25, 0.3) is 0 Å². The van der Waals surface area contributed by atoms with Crippen molar-refractivity contribution in [1.29, 1.82) is 0 Å². The lowest BCUT2D eigenvalue weighted by atomic mass is 10.1. The summed E-state index contributed by atoms with van der Waals surface area (Å²) in [7, 11) is 0. The van der Waals surface area contributed by atoms with Crippen LogP contribution in [0, 0.1) is 0 Å². The standard InChI is InChI=1S/C25H19ClO5/c1-2-29-25(28)24(17-8-4-3-5-9-17)30-19-11-12-20-21(15-19)31-22(23(20)27)14-16-7-6-10-18(26)13-16/h3-15,24H,2H2,1H3/b22-14-. The molecule has 1 heterocycles. The molecule has 0 aliphatic carbocycles. The lowest BCUT2D eigenvalue weighted by molar-refractivity contribution is -0.151. The summed E-state index contributed by atoms with van der Waals surface area (Å²) < 4.78 is 16.9. The van der Waals surface area contributed by atoms with Crippen LogP contribution in [0.3, 0.4) is 0 Å². The lowest BCUT2D eigenvalue weighted by Crippen LogP contribution is -2.21. The van der Waals surface area contributed by atoms with Gasteiger partial charge in [0, 0.05) is 16.7 Å². The van der Waals surface area contributed by atoms with E-state index in [1.807, 2.05) is 24.3 Å². The Morgan fingerprint density at radius 2 is 1.87 bits per heavy atom. The van der Waals surface area contributed by atoms with Crippen LogP contribution < -0.4 is 9.47 Å². The summed E-state index contributed by atoms with van der Waals surface area (Å²) in [5, 5.41) is 0.568. The number of halogens is 1. The van der Waals surface area contributed by atoms with E-state index < -0.39 is 12.1 Å². The number of carbonyl (C=O) groups excluding carboxylic acids is 2. The molecule has 156 valence electrons. The summed E-state index contributed by atoms with van der Waals surface area (Å²) in [6, 6.07) is 21.1. The van der Waals surface area contributed by atoms with E-state index in [9.17, 15) is 9.59 Å². The molecule has 1 unspecified atom stereocenters. The monoisotopic (exact) mass is 434 g/mol. The summed E-state index contributed by atoms with van der Waals surface area (Å²) in [6.07, 6.45) is 0.706. The molecule has 0 saturated heterocycles. The molecule has 0 saturated carbocycles. The first kappa shape index (κ1) is 20.7. The number of ketones is 1. The van der Waals surface area contributed by atoms with Crippen molar-refractivity contribution in [3.63, 3.8) is 0 Å². The zero-order chi connectivity index (χ0) is 21.8. The third-order valence-electron chi connectivity index (χ3n) is 4.64. The molecule has 3 aromatic carbocycles. The largest absolute Gasteiger partial charge is 0.474 e. The molecule has 4 rings (SSSR count). The summed E-state index contributed by atoms with van der Waals surface area (Å²) in [5.41, 5.74) is 1.85. The number of allylic oxidation sites excluding steroid dienone is 1. The molecule has 1 aliphatic heterocycles. The quantitative estimate of drug-likeness (QED) is 0.371. The van der Waals surface area contributed by atoms with E-state index >= 15 is 0 Å². The number of fused-ring (bicyclic) bond motifs is 1. The van der Waals surface area contributed by atoms with E-state index in [4.69, 9.17) is 25.8 Å². The molecule has 0 spiro atoms. The summed E-state index contributed by atoms with van der Waals surface area (Å²) >= 11 is 6.01. The minimum atomic E-state index is -0.933. The third kappa shape index (κ3) is 4.62. The first-order chi connectivity index (χ1) is 15.0. The predicted octanol–water partition coefficient (Wildman–Crippen LogP) is 5.64. The maximum Gasteiger partial charge on any atom is 0.352 e. The maximum absolute atomic E-state index is 12.7. The number of ether oxygens (including phenoxy) is 3. The fraction of sp³-hybridized carbons (Fsp3) is 0.120. The Kier molecular flexibility index (Phi) is 6.05. The third-order valence-corrected chi connectivity index (χ3v) is 4.88. The molecule has 5 nitrogen and oxygen atoms in total. The predicted molar refractivity (Wildman–Crippen MR) is 117 cm³/mol. The van der Waals surface area contributed by atoms with Gasteiger partial charge >= 0.3 is 5.97 Å². The smallest absolute Gasteiger partial charge is 0.352 e. The normalized spacial score (nSPS) is 14.6. The van der Waals surface area contributed by atoms with Crippen molar-refractivity contribution in [2.45, 2.75) is 13.0 Å². The molecule has 0 radical (unpaired) electrons. The average molecular weight is 435 g/mol. The van der Waals surface area contributed by atoms with Gasteiger partial charge in [-0.2, -0.15) is 0 Å². The van der Waals surface area contributed by atoms with Gasteiger partial charge < -0.3 is 14.2 Å². The number of rotatable bonds is 6. The molecule has 0 N–H and O–H groups in total. The van der Waals surface area contributed by atoms with Crippen LogP contribution in [-0.4, -0.2) is 18.4 Å². The SMILES string of the molecule is CCOC(=O)C(Oc1ccc2c(c1)O/C(=C\c1cccc(Cl)c1)C2=O)c1ccccc1. The Morgan fingerprint density at radius 1 is 1.06 bits per heavy atom. The van der Waals surface area contributed by atoms with Crippen LogP contribution in [-0.2, 0) is 9.53 Å². The Labute approximate surface area is 184 Å². The van der Waals surface area contributed by atoms with Crippen LogP contribution in [0.25, 0.3) is 6.08 Å². The van der Waals surface area contributed by atoms with Crippen molar-refractivity contribution in [2.75, 3.05) is 6.61 Å². The Morgan fingerprint density at radius 3 is 2.61 bits per heavy atom. The first-order valence-electron chi connectivity index (χ1n) is 9.77. The molecule has 0 bridgehead atoms. The van der Waals surface area contributed by atoms with Crippen molar-refractivity contribution < 1.29 is 23.8 Å². The number of carbonyl (C=O) groups is 2. The molecule has 0 amide bonds. The molecule has 6 heteroatoms. The van der Waals surface area contributed by atoms with Crippen LogP contribution in [0.2, 0.25) is 5.02 Å². The summed E-state index contributed by atoms with van der Waals surface area (Å²) in [5.74, 6) is 0.225. The van der Waals surface area contributed by atoms with Gasteiger partial charge in [0.2, 0.25) is 11.9 Å². The van der Waals surface area contributed by atoms with Gasteiger partial charge in [0.1, 0.15) is 11.5 Å². The average Bonchev–Trinajstić information content (AvgIpc) is 3.07. The first-order valence-corrected chi connectivity index (χ1v) is 10.1. The Hall–Kier alpha value is -3.57. The number of esters is 1. The van der Waals surface area contributed by atoms with Gasteiger partial charge in [-0.3, -0.25) is 4.79 Å². The highest BCUT2D eigenvalue weighted by Crippen LogP contribution is 2.36. The fourth-order valence-electron chi connectivity index (χ4n) is 3.22. The molecule has 1 atom stereocenters. The second kappa shape index (κ2) is 9.06. The molecule has 31 heavy (non-hydrogen) atoms. The zero-order valence-electron chi connectivity index (χ0n) is 16.7. The highest BCUT2D eigenvalue weighted by atomic mass is 35.5. The van der Waals surface area contributed by atoms with Gasteiger partial charge in [0.05, 0.1) is 12.2 Å². The van der Waals surface area contributed by atoms with Crippen molar-refractivity contribution in [3.8, 4) is 11.5 Å². The second-order valence-corrected chi connectivity index (χ2v) is 7.25. The van der Waals surface area contributed by atoms with Crippen LogP contribution in [0.15, 0.2) is 78.6 Å². The van der Waals surface area contributed by atoms with Crippen LogP contribution >= 0.6 is 11.6 Å². The van der Waals surface area contributed by atoms with E-state index in [-0.39, 0.29) is 18.1 Å². The van der Waals surface area contributed by atoms with Gasteiger partial charge in [0.15, 0.2) is 5.76 Å². The van der Waals surface area contributed by atoms with E-state index in [1.54, 1.807) is 61.5 Å². The molecule has 1 aliphatic rings. The van der Waals surface area contributed by atoms with Crippen LogP contribution in [0.5, 0.6) is 11.5 Å². The Balaban J connectivity index is 1.59. The maximum atomic E-state index is 12.7. The molecular formula is C25H19ClO5. The number of hydrogen-bond acceptors (Lipinski definition) is 5. The fourth-order valence-corrected chi connectivity index (χ4v) is 3.42. The van der Waals surface area contributed by atoms with Gasteiger partial charge in [-0.15, -0.1) is 0 Å². The Bertz CT molecular complexity index is 1150. The molecule has 0 fully saturated rings. The lowest BCUT2D eigenvalue weighted by Gasteiger charge is -2.18. The van der Waals surface area contributed by atoms with Crippen molar-refractivity contribution in [3.05, 3.63) is 100 Å². The topological polar surface area (TPSA) is 61.8 Å². The minimum Gasteiger partial charge on any atom is -0.474 e. The van der Waals surface area contributed by atoms with Crippen molar-refractivity contribution >= 4 is 29.4 Å². The zero-order valence-corrected chi connectivity index (χ0v) is 17.5. The van der Waals surface area contributed by atoms with Gasteiger partial charge in [-0.05, 0) is 42.8 Å². The van der Waals surface area contributed by atoms with E-state index in [1.165, 1.54) is 0 Å². The summed E-state index contributed by atoms with van der Waals surface area (Å²) in [6.45, 7) is 1.98. The highest BCUT2D eigenvalue weighted by molar-refractivity contribution is 6.30. The minimum absolute atomic E-state index is 0.194. The molecular weight excluding hydrogens is 416 g/mol. The van der Waals surface area contributed by atoms with Crippen molar-refractivity contribution in [1.82, 2.24) is 0 Å². The van der Waals surface area contributed by atoms with Crippen molar-refractivity contribution in [2.24, 2.45) is 0 Å². The van der Waals surface area contributed by atoms with E-state index in [0.29, 0.717) is 27.6 Å². The number of benzene rings is 3. The van der Waals surface area contributed by atoms with E-state index in [2.05, 4.69) is 0 Å². The highest BCUT2D eigenvalue weighted by Gasteiger charge is 2.29. The molecule has 3 aromatic rings. The summed E-state index contributed by atoms with van der Waals surface area (Å²) in [4.78, 5) is 25.2. The molecule has 0 aromatic heterocycles. The number of Topliss-reactive ketones (excluding diaryl/α,β-unsaturated/α-hetero) is 1.